The average Bonchev–Trinajstić information content (AvgIpc) is 2.65. The van der Waals surface area contributed by atoms with E-state index in [1.54, 1.807) is 0 Å². The maximum Gasteiger partial charge on any atom is 0.00876 e. The Hall–Kier alpha value is -0.160. The highest BCUT2D eigenvalue weighted by Gasteiger charge is 2.19. The predicted molar refractivity (Wildman–Crippen MR) is 133 cm³/mol. The predicted octanol–water partition coefficient (Wildman–Crippen LogP) is 5.71. The van der Waals surface area contributed by atoms with Crippen LogP contribution in [0.25, 0.3) is 0 Å². The van der Waals surface area contributed by atoms with Gasteiger partial charge in [0.15, 0.2) is 0 Å². The van der Waals surface area contributed by atoms with Crippen LogP contribution in [0.15, 0.2) is 0 Å². The molecule has 0 fully saturated rings. The van der Waals surface area contributed by atoms with Gasteiger partial charge >= 0.3 is 0 Å². The van der Waals surface area contributed by atoms with E-state index in [1.165, 1.54) is 64.2 Å². The molecule has 4 nitrogen and oxygen atoms in total. The molecule has 0 rings (SSSR count). The molecule has 8 N–H and O–H groups in total. The lowest BCUT2D eigenvalue weighted by Gasteiger charge is -2.26. The molecular weight excluding hydrogens is 356 g/mol. The van der Waals surface area contributed by atoms with Crippen LogP contribution < -0.4 is 22.9 Å². The molecule has 0 aliphatic heterocycles. The van der Waals surface area contributed by atoms with E-state index in [2.05, 4.69) is 34.6 Å². The van der Waals surface area contributed by atoms with Crippen LogP contribution in [0, 0.1) is 11.3 Å². The maximum atomic E-state index is 6.03. The van der Waals surface area contributed by atoms with Crippen LogP contribution in [-0.4, -0.2) is 25.2 Å². The lowest BCUT2D eigenvalue weighted by atomic mass is 9.84. The topological polar surface area (TPSA) is 104 Å². The molecule has 0 aliphatic carbocycles. The van der Waals surface area contributed by atoms with Crippen LogP contribution >= 0.6 is 0 Å². The number of rotatable bonds is 17. The largest absolute Gasteiger partial charge is 0.330 e. The minimum atomic E-state index is 0.245. The van der Waals surface area contributed by atoms with Crippen LogP contribution in [0.2, 0.25) is 0 Å². The highest BCUT2D eigenvalue weighted by molar-refractivity contribution is 4.76. The second-order valence-corrected chi connectivity index (χ2v) is 10.1. The van der Waals surface area contributed by atoms with Crippen molar-refractivity contribution in [3.05, 3.63) is 0 Å². The molecule has 0 spiro atoms. The molecule has 29 heavy (non-hydrogen) atoms. The fraction of sp³-hybridized carbons (Fsp3) is 1.00. The van der Waals surface area contributed by atoms with E-state index in [1.807, 2.05) is 0 Å². The van der Waals surface area contributed by atoms with Gasteiger partial charge in [-0.1, -0.05) is 85.5 Å². The van der Waals surface area contributed by atoms with Gasteiger partial charge in [-0.3, -0.25) is 0 Å². The minimum Gasteiger partial charge on any atom is -0.330 e. The van der Waals surface area contributed by atoms with Crippen molar-refractivity contribution >= 4 is 0 Å². The van der Waals surface area contributed by atoms with Gasteiger partial charge in [0, 0.05) is 12.1 Å². The van der Waals surface area contributed by atoms with E-state index in [0.717, 1.165) is 38.8 Å². The molecular formula is C25H58N4. The molecule has 0 bridgehead atoms. The van der Waals surface area contributed by atoms with Crippen LogP contribution in [0.3, 0.4) is 0 Å². The summed E-state index contributed by atoms with van der Waals surface area (Å²) in [6, 6.07) is 0.648. The first-order valence-electron chi connectivity index (χ1n) is 12.6. The lowest BCUT2D eigenvalue weighted by Crippen LogP contribution is -2.34. The average molecular weight is 415 g/mol. The standard InChI is InChI=1S/C16H36N2.C9H22N2/c1-3-4-5-6-7-8-9-10-12-16(15(2)18)13-11-14-17;1-9(2,3)8(11)6-4-5-7-10/h15-16H,3-14,17-18H2,1-2H3;8H,4-7,10-11H2,1-3H3. The summed E-state index contributed by atoms with van der Waals surface area (Å²) in [5.41, 5.74) is 23.2. The molecule has 3 unspecified atom stereocenters. The summed E-state index contributed by atoms with van der Waals surface area (Å²) < 4.78 is 0. The van der Waals surface area contributed by atoms with Gasteiger partial charge in [0.1, 0.15) is 0 Å². The van der Waals surface area contributed by atoms with E-state index in [9.17, 15) is 0 Å². The first kappa shape index (κ1) is 31.0. The quantitative estimate of drug-likeness (QED) is 0.229. The van der Waals surface area contributed by atoms with Crippen molar-refractivity contribution < 1.29 is 0 Å². The molecule has 3 atom stereocenters. The number of hydrogen-bond donors (Lipinski definition) is 4. The van der Waals surface area contributed by atoms with Crippen LogP contribution in [0.1, 0.15) is 125 Å². The zero-order valence-electron chi connectivity index (χ0n) is 20.9. The van der Waals surface area contributed by atoms with Crippen molar-refractivity contribution in [1.82, 2.24) is 0 Å². The van der Waals surface area contributed by atoms with Crippen LogP contribution in [-0.2, 0) is 0 Å². The van der Waals surface area contributed by atoms with Gasteiger partial charge in [0.25, 0.3) is 0 Å². The fourth-order valence-corrected chi connectivity index (χ4v) is 3.53. The molecule has 0 amide bonds. The first-order valence-corrected chi connectivity index (χ1v) is 12.6. The minimum absolute atomic E-state index is 0.245. The van der Waals surface area contributed by atoms with Crippen LogP contribution in [0.4, 0.5) is 0 Å². The Labute approximate surface area is 184 Å². The number of hydrogen-bond acceptors (Lipinski definition) is 4. The second kappa shape index (κ2) is 21.1. The highest BCUT2D eigenvalue weighted by atomic mass is 14.7. The third-order valence-electron chi connectivity index (χ3n) is 6.03. The Balaban J connectivity index is 0. The highest BCUT2D eigenvalue weighted by Crippen LogP contribution is 2.21. The van der Waals surface area contributed by atoms with Crippen molar-refractivity contribution in [1.29, 1.82) is 0 Å². The van der Waals surface area contributed by atoms with E-state index in [4.69, 9.17) is 22.9 Å². The molecule has 4 heteroatoms. The van der Waals surface area contributed by atoms with Gasteiger partial charge in [0.2, 0.25) is 0 Å². The van der Waals surface area contributed by atoms with Gasteiger partial charge in [-0.15, -0.1) is 0 Å². The summed E-state index contributed by atoms with van der Waals surface area (Å²) in [6.45, 7) is 12.6. The third kappa shape index (κ3) is 22.3. The summed E-state index contributed by atoms with van der Waals surface area (Å²) in [4.78, 5) is 0. The molecule has 0 aromatic rings. The van der Waals surface area contributed by atoms with Gasteiger partial charge in [0.05, 0.1) is 0 Å². The summed E-state index contributed by atoms with van der Waals surface area (Å²) in [7, 11) is 0. The molecule has 0 aliphatic rings. The summed E-state index contributed by atoms with van der Waals surface area (Å²) in [5.74, 6) is 0.689. The Morgan fingerprint density at radius 1 is 0.621 bits per heavy atom. The van der Waals surface area contributed by atoms with Gasteiger partial charge in [-0.2, -0.15) is 0 Å². The van der Waals surface area contributed by atoms with Gasteiger partial charge in [-0.05, 0) is 63.5 Å². The Morgan fingerprint density at radius 2 is 1.07 bits per heavy atom. The van der Waals surface area contributed by atoms with E-state index >= 15 is 0 Å². The maximum absolute atomic E-state index is 6.03. The number of unbranched alkanes of at least 4 members (excludes halogenated alkanes) is 8. The van der Waals surface area contributed by atoms with Crippen molar-refractivity contribution in [2.24, 2.45) is 34.3 Å². The molecule has 0 aromatic heterocycles. The van der Waals surface area contributed by atoms with E-state index in [-0.39, 0.29) is 5.41 Å². The molecule has 0 aromatic carbocycles. The van der Waals surface area contributed by atoms with Crippen molar-refractivity contribution in [2.45, 2.75) is 137 Å². The monoisotopic (exact) mass is 414 g/mol. The SMILES string of the molecule is CC(C)(C)C(N)CCCCN.CCCCCCCCCCC(CCCN)C(C)N. The first-order chi connectivity index (χ1) is 13.7. The second-order valence-electron chi connectivity index (χ2n) is 10.1. The van der Waals surface area contributed by atoms with Crippen molar-refractivity contribution in [3.8, 4) is 0 Å². The zero-order chi connectivity index (χ0) is 22.5. The Kier molecular flexibility index (Phi) is 22.6. The molecule has 0 saturated heterocycles. The van der Waals surface area contributed by atoms with Gasteiger partial charge < -0.3 is 22.9 Å². The van der Waals surface area contributed by atoms with E-state index < -0.39 is 0 Å². The Morgan fingerprint density at radius 3 is 1.52 bits per heavy atom. The molecule has 0 radical (unpaired) electrons. The normalized spacial score (nSPS) is 14.8. The van der Waals surface area contributed by atoms with Crippen molar-refractivity contribution in [2.75, 3.05) is 13.1 Å². The third-order valence-corrected chi connectivity index (χ3v) is 6.03. The van der Waals surface area contributed by atoms with Crippen LogP contribution in [0.5, 0.6) is 0 Å². The smallest absolute Gasteiger partial charge is 0.00876 e. The number of nitrogens with two attached hydrogens (primary N) is 4. The fourth-order valence-electron chi connectivity index (χ4n) is 3.53. The van der Waals surface area contributed by atoms with E-state index in [0.29, 0.717) is 18.0 Å². The molecule has 0 heterocycles. The lowest BCUT2D eigenvalue weighted by molar-refractivity contribution is 0.300. The molecule has 178 valence electrons. The summed E-state index contributed by atoms with van der Waals surface area (Å²) >= 11 is 0. The Bertz CT molecular complexity index is 312. The molecule has 0 saturated carbocycles. The zero-order valence-corrected chi connectivity index (χ0v) is 20.9. The van der Waals surface area contributed by atoms with Gasteiger partial charge in [-0.25, -0.2) is 0 Å². The summed E-state index contributed by atoms with van der Waals surface area (Å²) in [5, 5.41) is 0. The van der Waals surface area contributed by atoms with Crippen molar-refractivity contribution in [3.63, 3.8) is 0 Å². The summed E-state index contributed by atoms with van der Waals surface area (Å²) in [6.07, 6.45) is 18.2.